The van der Waals surface area contributed by atoms with E-state index in [-0.39, 0.29) is 23.0 Å². The molecule has 0 spiro atoms. The molecule has 0 unspecified atom stereocenters. The van der Waals surface area contributed by atoms with Crippen molar-refractivity contribution in [2.75, 3.05) is 0 Å². The summed E-state index contributed by atoms with van der Waals surface area (Å²) in [4.78, 5) is 12.8. The van der Waals surface area contributed by atoms with Crippen LogP contribution in [0.5, 0.6) is 11.5 Å². The Bertz CT molecular complexity index is 802. The Morgan fingerprint density at radius 3 is 2.30 bits per heavy atom. The zero-order chi connectivity index (χ0) is 19.7. The molecule has 144 valence electrons. The van der Waals surface area contributed by atoms with E-state index in [0.717, 1.165) is 23.1 Å². The lowest BCUT2D eigenvalue weighted by Crippen LogP contribution is -2.62. The van der Waals surface area contributed by atoms with Crippen molar-refractivity contribution >= 4 is 21.8 Å². The Kier molecular flexibility index (Phi) is 5.63. The predicted octanol–water partition coefficient (Wildman–Crippen LogP) is 5.28. The number of ether oxygens (including phenoxy) is 1. The van der Waals surface area contributed by atoms with Crippen LogP contribution in [-0.2, 0) is 0 Å². The number of hydrogen-bond acceptors (Lipinski definition) is 3. The first-order chi connectivity index (χ1) is 12.6. The summed E-state index contributed by atoms with van der Waals surface area (Å²) < 4.78 is 6.62. The lowest BCUT2D eigenvalue weighted by Gasteiger charge is -2.46. The van der Waals surface area contributed by atoms with Crippen LogP contribution in [0.1, 0.15) is 50.9 Å². The van der Waals surface area contributed by atoms with Crippen LogP contribution < -0.4 is 15.4 Å². The van der Waals surface area contributed by atoms with E-state index in [0.29, 0.717) is 11.3 Å². The molecule has 1 heterocycles. The van der Waals surface area contributed by atoms with E-state index in [2.05, 4.69) is 54.3 Å². The highest BCUT2D eigenvalue weighted by molar-refractivity contribution is 9.10. The van der Waals surface area contributed by atoms with Crippen LogP contribution in [0, 0.1) is 0 Å². The maximum atomic E-state index is 12.8. The molecule has 1 amide bonds. The highest BCUT2D eigenvalue weighted by Gasteiger charge is 2.38. The number of rotatable bonds is 4. The van der Waals surface area contributed by atoms with Crippen LogP contribution in [0.2, 0.25) is 0 Å². The molecule has 2 N–H and O–H groups in total. The molecule has 1 aliphatic rings. The molecule has 5 heteroatoms. The van der Waals surface area contributed by atoms with Gasteiger partial charge in [-0.05, 0) is 86.8 Å². The van der Waals surface area contributed by atoms with E-state index in [9.17, 15) is 4.79 Å². The van der Waals surface area contributed by atoms with Crippen molar-refractivity contribution in [3.8, 4) is 11.5 Å². The Morgan fingerprint density at radius 2 is 1.70 bits per heavy atom. The van der Waals surface area contributed by atoms with Crippen LogP contribution in [0.15, 0.2) is 53.0 Å². The van der Waals surface area contributed by atoms with Gasteiger partial charge in [0.2, 0.25) is 0 Å². The van der Waals surface area contributed by atoms with Crippen molar-refractivity contribution in [2.24, 2.45) is 0 Å². The molecule has 0 aromatic heterocycles. The summed E-state index contributed by atoms with van der Waals surface area (Å²) >= 11 is 3.52. The van der Waals surface area contributed by atoms with Crippen LogP contribution in [0.25, 0.3) is 0 Å². The second kappa shape index (κ2) is 7.64. The molecule has 0 saturated carbocycles. The molecule has 1 saturated heterocycles. The fourth-order valence-electron chi connectivity index (χ4n) is 4.03. The third kappa shape index (κ3) is 5.33. The minimum Gasteiger partial charge on any atom is -0.456 e. The molecule has 2 aromatic rings. The molecule has 1 aliphatic heterocycles. The number of hydrogen-bond donors (Lipinski definition) is 2. The summed E-state index contributed by atoms with van der Waals surface area (Å²) in [5.41, 5.74) is 0.609. The Labute approximate surface area is 169 Å². The lowest BCUT2D eigenvalue weighted by atomic mass is 9.79. The molecular formula is C22H27BrN2O2. The highest BCUT2D eigenvalue weighted by Crippen LogP contribution is 2.31. The molecule has 3 rings (SSSR count). The topological polar surface area (TPSA) is 50.4 Å². The largest absolute Gasteiger partial charge is 0.456 e. The third-order valence-corrected chi connectivity index (χ3v) is 5.31. The molecule has 27 heavy (non-hydrogen) atoms. The standard InChI is InChI=1S/C22H27BrN2O2/c1-21(2)13-16(14-22(3,4)25-21)24-20(26)15-10-11-19(18(23)12-15)27-17-8-6-5-7-9-17/h5-12,16,25H,13-14H2,1-4H3,(H,24,26). The van der Waals surface area contributed by atoms with Gasteiger partial charge in [0.25, 0.3) is 5.91 Å². The second-order valence-electron chi connectivity index (χ2n) is 8.53. The average molecular weight is 431 g/mol. The van der Waals surface area contributed by atoms with Gasteiger partial charge in [-0.3, -0.25) is 4.79 Å². The summed E-state index contributed by atoms with van der Waals surface area (Å²) in [5, 5.41) is 6.84. The van der Waals surface area contributed by atoms with Gasteiger partial charge in [0.05, 0.1) is 4.47 Å². The number of benzene rings is 2. The average Bonchev–Trinajstić information content (AvgIpc) is 2.54. The maximum absolute atomic E-state index is 12.8. The van der Waals surface area contributed by atoms with E-state index in [1.165, 1.54) is 0 Å². The van der Waals surface area contributed by atoms with Gasteiger partial charge in [-0.1, -0.05) is 18.2 Å². The summed E-state index contributed by atoms with van der Waals surface area (Å²) in [6.45, 7) is 8.72. The first-order valence-corrected chi connectivity index (χ1v) is 10.1. The number of nitrogens with one attached hydrogen (secondary N) is 2. The minimum absolute atomic E-state index is 0.00629. The summed E-state index contributed by atoms with van der Waals surface area (Å²) in [6, 6.07) is 15.2. The van der Waals surface area contributed by atoms with Gasteiger partial charge in [0.15, 0.2) is 0 Å². The molecule has 0 radical (unpaired) electrons. The Balaban J connectivity index is 1.69. The fourth-order valence-corrected chi connectivity index (χ4v) is 4.49. The van der Waals surface area contributed by atoms with Crippen molar-refractivity contribution in [1.82, 2.24) is 10.6 Å². The summed E-state index contributed by atoms with van der Waals surface area (Å²) in [6.07, 6.45) is 1.80. The highest BCUT2D eigenvalue weighted by atomic mass is 79.9. The van der Waals surface area contributed by atoms with E-state index < -0.39 is 0 Å². The van der Waals surface area contributed by atoms with Gasteiger partial charge < -0.3 is 15.4 Å². The number of halogens is 1. The Hall–Kier alpha value is -1.85. The molecule has 1 fully saturated rings. The SMILES string of the molecule is CC1(C)CC(NC(=O)c2ccc(Oc3ccccc3)c(Br)c2)CC(C)(C)N1. The summed E-state index contributed by atoms with van der Waals surface area (Å²) in [7, 11) is 0. The van der Waals surface area contributed by atoms with Crippen molar-refractivity contribution in [3.05, 3.63) is 58.6 Å². The molecule has 0 atom stereocenters. The van der Waals surface area contributed by atoms with E-state index >= 15 is 0 Å². The van der Waals surface area contributed by atoms with E-state index in [4.69, 9.17) is 4.74 Å². The normalized spacial score (nSPS) is 18.7. The van der Waals surface area contributed by atoms with Crippen LogP contribution >= 0.6 is 15.9 Å². The third-order valence-electron chi connectivity index (χ3n) is 4.69. The monoisotopic (exact) mass is 430 g/mol. The number of amides is 1. The van der Waals surface area contributed by atoms with Gasteiger partial charge >= 0.3 is 0 Å². The zero-order valence-electron chi connectivity index (χ0n) is 16.3. The number of carbonyl (C=O) groups excluding carboxylic acids is 1. The fraction of sp³-hybridized carbons (Fsp3) is 0.409. The predicted molar refractivity (Wildman–Crippen MR) is 112 cm³/mol. The van der Waals surface area contributed by atoms with E-state index in [1.54, 1.807) is 6.07 Å². The number of carbonyl (C=O) groups is 1. The molecule has 2 aromatic carbocycles. The smallest absolute Gasteiger partial charge is 0.251 e. The van der Waals surface area contributed by atoms with Crippen LogP contribution in [0.4, 0.5) is 0 Å². The number of piperidine rings is 1. The summed E-state index contributed by atoms with van der Waals surface area (Å²) in [5.74, 6) is 1.39. The Morgan fingerprint density at radius 1 is 1.07 bits per heavy atom. The minimum atomic E-state index is -0.0551. The first kappa shape index (κ1) is 19.9. The number of para-hydroxylation sites is 1. The second-order valence-corrected chi connectivity index (χ2v) is 9.39. The van der Waals surface area contributed by atoms with Crippen molar-refractivity contribution in [3.63, 3.8) is 0 Å². The maximum Gasteiger partial charge on any atom is 0.251 e. The molecule has 0 bridgehead atoms. The van der Waals surface area contributed by atoms with Gasteiger partial charge in [0, 0.05) is 22.7 Å². The van der Waals surface area contributed by atoms with Crippen molar-refractivity contribution < 1.29 is 9.53 Å². The van der Waals surface area contributed by atoms with Crippen LogP contribution in [0.3, 0.4) is 0 Å². The molecule has 4 nitrogen and oxygen atoms in total. The molecular weight excluding hydrogens is 404 g/mol. The van der Waals surface area contributed by atoms with Gasteiger partial charge in [0.1, 0.15) is 11.5 Å². The molecule has 0 aliphatic carbocycles. The zero-order valence-corrected chi connectivity index (χ0v) is 17.9. The van der Waals surface area contributed by atoms with Gasteiger partial charge in [-0.25, -0.2) is 0 Å². The first-order valence-electron chi connectivity index (χ1n) is 9.26. The van der Waals surface area contributed by atoms with Gasteiger partial charge in [-0.15, -0.1) is 0 Å². The quantitative estimate of drug-likeness (QED) is 0.693. The van der Waals surface area contributed by atoms with Gasteiger partial charge in [-0.2, -0.15) is 0 Å². The van der Waals surface area contributed by atoms with Crippen LogP contribution in [-0.4, -0.2) is 23.0 Å². The van der Waals surface area contributed by atoms with Crippen molar-refractivity contribution in [2.45, 2.75) is 57.7 Å². The lowest BCUT2D eigenvalue weighted by molar-refractivity contribution is 0.0873. The van der Waals surface area contributed by atoms with E-state index in [1.807, 2.05) is 42.5 Å². The van der Waals surface area contributed by atoms with Crippen molar-refractivity contribution in [1.29, 1.82) is 0 Å².